The molecule has 1 aromatic carbocycles. The molecule has 4 nitrogen and oxygen atoms in total. The van der Waals surface area contributed by atoms with E-state index in [1.807, 2.05) is 41.0 Å². The van der Waals surface area contributed by atoms with Crippen molar-refractivity contribution in [1.29, 1.82) is 5.26 Å². The number of para-hydroxylation sites is 1. The summed E-state index contributed by atoms with van der Waals surface area (Å²) in [6.45, 7) is 0. The highest BCUT2D eigenvalue weighted by Gasteiger charge is 2.15. The van der Waals surface area contributed by atoms with Crippen LogP contribution >= 0.6 is 0 Å². The first-order valence-corrected chi connectivity index (χ1v) is 5.98. The van der Waals surface area contributed by atoms with Gasteiger partial charge in [-0.1, -0.05) is 18.2 Å². The molecule has 0 unspecified atom stereocenters. The van der Waals surface area contributed by atoms with Crippen molar-refractivity contribution >= 4 is 16.7 Å². The van der Waals surface area contributed by atoms with Crippen molar-refractivity contribution in [2.75, 3.05) is 5.73 Å². The average molecular weight is 248 g/mol. The van der Waals surface area contributed by atoms with E-state index in [1.54, 1.807) is 12.4 Å². The van der Waals surface area contributed by atoms with Crippen molar-refractivity contribution in [2.45, 2.75) is 6.42 Å². The van der Waals surface area contributed by atoms with Gasteiger partial charge in [0.1, 0.15) is 5.82 Å². The SMILES string of the molecule is N#CCc1c(N)n(-c2ccncc2)c2ccccc12. The Kier molecular flexibility index (Phi) is 2.66. The van der Waals surface area contributed by atoms with Gasteiger partial charge in [0.25, 0.3) is 0 Å². The van der Waals surface area contributed by atoms with E-state index in [0.29, 0.717) is 12.2 Å². The van der Waals surface area contributed by atoms with Gasteiger partial charge in [-0.2, -0.15) is 5.26 Å². The summed E-state index contributed by atoms with van der Waals surface area (Å²) < 4.78 is 1.96. The molecule has 2 heterocycles. The monoisotopic (exact) mass is 248 g/mol. The van der Waals surface area contributed by atoms with E-state index in [1.165, 1.54) is 0 Å². The van der Waals surface area contributed by atoms with Gasteiger partial charge in [-0.3, -0.25) is 9.55 Å². The molecule has 2 aromatic heterocycles. The van der Waals surface area contributed by atoms with E-state index in [-0.39, 0.29) is 0 Å². The molecular formula is C15H12N4. The summed E-state index contributed by atoms with van der Waals surface area (Å²) in [5, 5.41) is 9.98. The Bertz CT molecular complexity index is 766. The molecule has 0 saturated carbocycles. The number of pyridine rings is 1. The highest BCUT2D eigenvalue weighted by atomic mass is 15.1. The zero-order valence-corrected chi connectivity index (χ0v) is 10.2. The number of fused-ring (bicyclic) bond motifs is 1. The molecular weight excluding hydrogens is 236 g/mol. The van der Waals surface area contributed by atoms with Crippen LogP contribution in [-0.4, -0.2) is 9.55 Å². The molecule has 0 radical (unpaired) electrons. The lowest BCUT2D eigenvalue weighted by Gasteiger charge is -2.07. The second-order valence-electron chi connectivity index (χ2n) is 4.26. The van der Waals surface area contributed by atoms with Gasteiger partial charge in [-0.25, -0.2) is 0 Å². The predicted molar refractivity (Wildman–Crippen MR) is 74.8 cm³/mol. The largest absolute Gasteiger partial charge is 0.385 e. The second-order valence-corrected chi connectivity index (χ2v) is 4.26. The Labute approximate surface area is 110 Å². The standard InChI is InChI=1S/C15H12N4/c16-8-5-13-12-3-1-2-4-14(12)19(15(13)17)11-6-9-18-10-7-11/h1-4,6-7,9-10H,5,17H2. The lowest BCUT2D eigenvalue weighted by molar-refractivity contribution is 1.11. The maximum absolute atomic E-state index is 8.96. The van der Waals surface area contributed by atoms with Gasteiger partial charge >= 0.3 is 0 Å². The first-order valence-electron chi connectivity index (χ1n) is 5.98. The summed E-state index contributed by atoms with van der Waals surface area (Å²) in [4.78, 5) is 4.02. The summed E-state index contributed by atoms with van der Waals surface area (Å²) in [5.74, 6) is 0.619. The quantitative estimate of drug-likeness (QED) is 0.758. The minimum absolute atomic E-state index is 0.310. The zero-order valence-electron chi connectivity index (χ0n) is 10.2. The average Bonchev–Trinajstić information content (AvgIpc) is 2.73. The van der Waals surface area contributed by atoms with Crippen LogP contribution in [0, 0.1) is 11.3 Å². The van der Waals surface area contributed by atoms with Gasteiger partial charge in [-0.05, 0) is 18.2 Å². The van der Waals surface area contributed by atoms with Crippen LogP contribution in [0.25, 0.3) is 16.6 Å². The van der Waals surface area contributed by atoms with Gasteiger partial charge in [0.15, 0.2) is 0 Å². The molecule has 0 saturated heterocycles. The maximum atomic E-state index is 8.96. The van der Waals surface area contributed by atoms with E-state index in [2.05, 4.69) is 11.1 Å². The number of aromatic nitrogens is 2. The van der Waals surface area contributed by atoms with Crippen LogP contribution in [0.3, 0.4) is 0 Å². The molecule has 19 heavy (non-hydrogen) atoms. The topological polar surface area (TPSA) is 67.6 Å². The number of anilines is 1. The van der Waals surface area contributed by atoms with Gasteiger partial charge in [0.05, 0.1) is 23.7 Å². The van der Waals surface area contributed by atoms with Crippen LogP contribution in [0.2, 0.25) is 0 Å². The number of hydrogen-bond donors (Lipinski definition) is 1. The van der Waals surface area contributed by atoms with E-state index < -0.39 is 0 Å². The molecule has 0 atom stereocenters. The van der Waals surface area contributed by atoms with Crippen LogP contribution in [0.15, 0.2) is 48.8 Å². The number of nitrogens with zero attached hydrogens (tertiary/aromatic N) is 3. The van der Waals surface area contributed by atoms with Crippen molar-refractivity contribution in [2.24, 2.45) is 0 Å². The Balaban J connectivity index is 2.37. The zero-order chi connectivity index (χ0) is 13.2. The summed E-state index contributed by atoms with van der Waals surface area (Å²) in [6, 6.07) is 13.9. The first kappa shape index (κ1) is 11.3. The van der Waals surface area contributed by atoms with Gasteiger partial charge in [-0.15, -0.1) is 0 Å². The first-order chi connectivity index (χ1) is 9.33. The molecule has 92 valence electrons. The summed E-state index contributed by atoms with van der Waals surface area (Å²) in [7, 11) is 0. The van der Waals surface area contributed by atoms with Crippen LogP contribution in [0.4, 0.5) is 5.82 Å². The molecule has 0 aliphatic heterocycles. The van der Waals surface area contributed by atoms with Gasteiger partial charge in [0.2, 0.25) is 0 Å². The fourth-order valence-corrected chi connectivity index (χ4v) is 2.36. The number of hydrogen-bond acceptors (Lipinski definition) is 3. The minimum Gasteiger partial charge on any atom is -0.385 e. The molecule has 0 spiro atoms. The number of nitrogens with two attached hydrogens (primary N) is 1. The number of nitrogen functional groups attached to an aromatic ring is 1. The number of rotatable bonds is 2. The number of benzene rings is 1. The lowest BCUT2D eigenvalue weighted by Crippen LogP contribution is -2.01. The normalized spacial score (nSPS) is 10.5. The van der Waals surface area contributed by atoms with Gasteiger partial charge < -0.3 is 5.73 Å². The van der Waals surface area contributed by atoms with Crippen LogP contribution in [-0.2, 0) is 6.42 Å². The number of nitriles is 1. The van der Waals surface area contributed by atoms with E-state index in [0.717, 1.165) is 22.2 Å². The highest BCUT2D eigenvalue weighted by molar-refractivity contribution is 5.91. The summed E-state index contributed by atoms with van der Waals surface area (Å²) in [5.41, 5.74) is 9.07. The van der Waals surface area contributed by atoms with Crippen LogP contribution in [0.1, 0.15) is 5.56 Å². The Hall–Kier alpha value is -2.80. The molecule has 0 aliphatic rings. The molecule has 2 N–H and O–H groups in total. The molecule has 0 bridgehead atoms. The fourth-order valence-electron chi connectivity index (χ4n) is 2.36. The minimum atomic E-state index is 0.310. The van der Waals surface area contributed by atoms with Crippen molar-refractivity contribution in [1.82, 2.24) is 9.55 Å². The predicted octanol–water partition coefficient (Wildman–Crippen LogP) is 2.67. The molecule has 3 aromatic rings. The van der Waals surface area contributed by atoms with Crippen molar-refractivity contribution in [3.05, 3.63) is 54.4 Å². The van der Waals surface area contributed by atoms with Crippen molar-refractivity contribution in [3.63, 3.8) is 0 Å². The third kappa shape index (κ3) is 1.72. The highest BCUT2D eigenvalue weighted by Crippen LogP contribution is 2.31. The molecule has 0 aliphatic carbocycles. The lowest BCUT2D eigenvalue weighted by atomic mass is 10.1. The summed E-state index contributed by atoms with van der Waals surface area (Å²) >= 11 is 0. The maximum Gasteiger partial charge on any atom is 0.113 e. The van der Waals surface area contributed by atoms with E-state index >= 15 is 0 Å². The third-order valence-corrected chi connectivity index (χ3v) is 3.20. The van der Waals surface area contributed by atoms with Crippen LogP contribution in [0.5, 0.6) is 0 Å². The van der Waals surface area contributed by atoms with E-state index in [9.17, 15) is 0 Å². The van der Waals surface area contributed by atoms with Crippen LogP contribution < -0.4 is 5.73 Å². The van der Waals surface area contributed by atoms with Gasteiger partial charge in [0, 0.05) is 23.3 Å². The Morgan fingerprint density at radius 1 is 1.16 bits per heavy atom. The second kappa shape index (κ2) is 4.46. The molecule has 0 amide bonds. The van der Waals surface area contributed by atoms with Crippen molar-refractivity contribution < 1.29 is 0 Å². The Morgan fingerprint density at radius 3 is 2.63 bits per heavy atom. The van der Waals surface area contributed by atoms with E-state index in [4.69, 9.17) is 11.0 Å². The molecule has 0 fully saturated rings. The van der Waals surface area contributed by atoms with Crippen molar-refractivity contribution in [3.8, 4) is 11.8 Å². The Morgan fingerprint density at radius 2 is 1.89 bits per heavy atom. The molecule has 4 heteroatoms. The third-order valence-electron chi connectivity index (χ3n) is 3.20. The fraction of sp³-hybridized carbons (Fsp3) is 0.0667. The smallest absolute Gasteiger partial charge is 0.113 e. The molecule has 3 rings (SSSR count). The summed E-state index contributed by atoms with van der Waals surface area (Å²) in [6.07, 6.45) is 3.77.